The molecule has 2 aromatic carbocycles. The molecular formula is C22H26O4. The molecule has 3 rings (SSSR count). The molecule has 0 heterocycles. The van der Waals surface area contributed by atoms with E-state index in [4.69, 9.17) is 9.47 Å². The number of hydrogen-bond donors (Lipinski definition) is 1. The molecule has 0 radical (unpaired) electrons. The molecule has 4 heteroatoms. The van der Waals surface area contributed by atoms with Gasteiger partial charge in [0.15, 0.2) is 5.78 Å². The van der Waals surface area contributed by atoms with Crippen LogP contribution in [0.15, 0.2) is 41.7 Å². The molecule has 0 spiro atoms. The third-order valence-corrected chi connectivity index (χ3v) is 5.23. The lowest BCUT2D eigenvalue weighted by atomic mass is 9.74. The number of ether oxygens (including phenoxy) is 2. The zero-order valence-electron chi connectivity index (χ0n) is 16.1. The molecule has 2 aromatic rings. The minimum atomic E-state index is -1.32. The number of fused-ring (bicyclic) bond motifs is 2. The lowest BCUT2D eigenvalue weighted by Gasteiger charge is -2.37. The summed E-state index contributed by atoms with van der Waals surface area (Å²) < 4.78 is 11.0. The van der Waals surface area contributed by atoms with Crippen LogP contribution in [0.3, 0.4) is 0 Å². The monoisotopic (exact) mass is 354 g/mol. The van der Waals surface area contributed by atoms with E-state index in [1.807, 2.05) is 30.3 Å². The number of methoxy groups -OCH3 is 2. The zero-order valence-corrected chi connectivity index (χ0v) is 16.1. The first kappa shape index (κ1) is 18.5. The Hall–Kier alpha value is -2.33. The molecule has 0 unspecified atom stereocenters. The number of allylic oxidation sites excluding steroid dienone is 1. The Morgan fingerprint density at radius 2 is 1.88 bits per heavy atom. The van der Waals surface area contributed by atoms with Gasteiger partial charge in [0.2, 0.25) is 0 Å². The van der Waals surface area contributed by atoms with Crippen LogP contribution in [0.25, 0.3) is 10.8 Å². The number of ketones is 1. The van der Waals surface area contributed by atoms with Crippen molar-refractivity contribution in [3.63, 3.8) is 0 Å². The number of aliphatic hydroxyl groups is 1. The van der Waals surface area contributed by atoms with E-state index < -0.39 is 5.60 Å². The fourth-order valence-electron chi connectivity index (χ4n) is 3.81. The third-order valence-electron chi connectivity index (χ3n) is 5.23. The first-order valence-electron chi connectivity index (χ1n) is 8.97. The summed E-state index contributed by atoms with van der Waals surface area (Å²) in [6, 6.07) is 9.46. The van der Waals surface area contributed by atoms with E-state index in [9.17, 15) is 9.90 Å². The van der Waals surface area contributed by atoms with Gasteiger partial charge < -0.3 is 14.6 Å². The van der Waals surface area contributed by atoms with Gasteiger partial charge in [-0.3, -0.25) is 4.79 Å². The predicted molar refractivity (Wildman–Crippen MR) is 103 cm³/mol. The van der Waals surface area contributed by atoms with Gasteiger partial charge >= 0.3 is 0 Å². The van der Waals surface area contributed by atoms with Gasteiger partial charge in [-0.05, 0) is 49.3 Å². The van der Waals surface area contributed by atoms with Crippen molar-refractivity contribution in [3.05, 3.63) is 52.8 Å². The smallest absolute Gasteiger partial charge is 0.192 e. The van der Waals surface area contributed by atoms with Gasteiger partial charge in [0.05, 0.1) is 14.2 Å². The summed E-state index contributed by atoms with van der Waals surface area (Å²) in [5, 5.41) is 13.5. The van der Waals surface area contributed by atoms with Crippen LogP contribution in [0.5, 0.6) is 5.75 Å². The summed E-state index contributed by atoms with van der Waals surface area (Å²) in [6.45, 7) is 5.95. The normalized spacial score (nSPS) is 19.9. The Bertz CT molecular complexity index is 894. The average Bonchev–Trinajstić information content (AvgIpc) is 2.63. The van der Waals surface area contributed by atoms with Gasteiger partial charge in [0.25, 0.3) is 0 Å². The highest BCUT2D eigenvalue weighted by Gasteiger charge is 2.44. The summed E-state index contributed by atoms with van der Waals surface area (Å²) in [7, 11) is 3.13. The second-order valence-corrected chi connectivity index (χ2v) is 7.36. The van der Waals surface area contributed by atoms with E-state index in [0.717, 1.165) is 17.2 Å². The maximum atomic E-state index is 12.9. The van der Waals surface area contributed by atoms with Crippen LogP contribution in [0.2, 0.25) is 0 Å². The number of carbonyl (C=O) groups is 1. The van der Waals surface area contributed by atoms with Crippen molar-refractivity contribution in [2.75, 3.05) is 14.2 Å². The van der Waals surface area contributed by atoms with Gasteiger partial charge in [-0.2, -0.15) is 0 Å². The van der Waals surface area contributed by atoms with Crippen molar-refractivity contribution in [2.24, 2.45) is 5.92 Å². The van der Waals surface area contributed by atoms with Crippen LogP contribution >= 0.6 is 0 Å². The first-order valence-corrected chi connectivity index (χ1v) is 8.97. The molecule has 0 fully saturated rings. The highest BCUT2D eigenvalue weighted by molar-refractivity contribution is 6.13. The largest absolute Gasteiger partial charge is 0.497 e. The minimum Gasteiger partial charge on any atom is -0.497 e. The minimum absolute atomic E-state index is 0.101. The van der Waals surface area contributed by atoms with Crippen molar-refractivity contribution in [1.29, 1.82) is 0 Å². The number of Topliss-reactive ketones (excluding diaryl/α,β-unsaturated/α-hetero) is 1. The SMILES string of the molecule is COC1=C(C)C(=O)c2cc3cccc(OC)c3cc2[C@]1(O)CCC(C)C. The Kier molecular flexibility index (Phi) is 4.80. The van der Waals surface area contributed by atoms with Gasteiger partial charge in [-0.1, -0.05) is 26.0 Å². The summed E-state index contributed by atoms with van der Waals surface area (Å²) >= 11 is 0. The second-order valence-electron chi connectivity index (χ2n) is 7.36. The molecule has 0 aromatic heterocycles. The van der Waals surface area contributed by atoms with Crippen LogP contribution in [0.1, 0.15) is 49.5 Å². The second kappa shape index (κ2) is 6.76. The highest BCUT2D eigenvalue weighted by atomic mass is 16.5. The van der Waals surface area contributed by atoms with Crippen molar-refractivity contribution in [2.45, 2.75) is 39.2 Å². The fraction of sp³-hybridized carbons (Fsp3) is 0.409. The van der Waals surface area contributed by atoms with Gasteiger partial charge in [-0.25, -0.2) is 0 Å². The Balaban J connectivity index is 2.30. The maximum Gasteiger partial charge on any atom is 0.192 e. The highest BCUT2D eigenvalue weighted by Crippen LogP contribution is 2.45. The molecule has 0 amide bonds. The Labute approximate surface area is 154 Å². The van der Waals surface area contributed by atoms with E-state index >= 15 is 0 Å². The fourth-order valence-corrected chi connectivity index (χ4v) is 3.81. The van der Waals surface area contributed by atoms with E-state index in [0.29, 0.717) is 40.5 Å². The standard InChI is InChI=1S/C22H26O4/c1-13(2)9-10-22(24)18-12-16-15(7-6-8-19(16)25-4)11-17(18)20(23)14(3)21(22)26-5/h6-8,11-13,24H,9-10H2,1-5H3/t22-/m1/s1. The quantitative estimate of drug-likeness (QED) is 0.853. The molecule has 0 saturated carbocycles. The molecule has 26 heavy (non-hydrogen) atoms. The van der Waals surface area contributed by atoms with Crippen LogP contribution in [0, 0.1) is 5.92 Å². The Morgan fingerprint density at radius 1 is 1.15 bits per heavy atom. The van der Waals surface area contributed by atoms with E-state index in [2.05, 4.69) is 13.8 Å². The topological polar surface area (TPSA) is 55.8 Å². The van der Waals surface area contributed by atoms with Crippen molar-refractivity contribution in [1.82, 2.24) is 0 Å². The molecule has 138 valence electrons. The predicted octanol–water partition coefficient (Wildman–Crippen LogP) is 4.59. The molecule has 4 nitrogen and oxygen atoms in total. The molecule has 1 aliphatic carbocycles. The molecular weight excluding hydrogens is 328 g/mol. The molecule has 1 aliphatic rings. The molecule has 1 N–H and O–H groups in total. The van der Waals surface area contributed by atoms with Crippen LogP contribution < -0.4 is 4.74 Å². The average molecular weight is 354 g/mol. The zero-order chi connectivity index (χ0) is 19.1. The van der Waals surface area contributed by atoms with Crippen LogP contribution in [-0.2, 0) is 10.3 Å². The van der Waals surface area contributed by atoms with E-state index in [1.54, 1.807) is 14.0 Å². The van der Waals surface area contributed by atoms with E-state index in [1.165, 1.54) is 7.11 Å². The van der Waals surface area contributed by atoms with Crippen molar-refractivity contribution in [3.8, 4) is 5.75 Å². The van der Waals surface area contributed by atoms with Crippen LogP contribution in [-0.4, -0.2) is 25.1 Å². The summed E-state index contributed by atoms with van der Waals surface area (Å²) in [6.07, 6.45) is 1.31. The van der Waals surface area contributed by atoms with E-state index in [-0.39, 0.29) is 5.78 Å². The van der Waals surface area contributed by atoms with Gasteiger partial charge in [0.1, 0.15) is 17.1 Å². The molecule has 0 aliphatic heterocycles. The summed E-state index contributed by atoms with van der Waals surface area (Å²) in [5.41, 5.74) is 0.285. The number of rotatable bonds is 5. The Morgan fingerprint density at radius 3 is 2.50 bits per heavy atom. The first-order chi connectivity index (χ1) is 12.3. The summed E-state index contributed by atoms with van der Waals surface area (Å²) in [5.74, 6) is 1.39. The third kappa shape index (κ3) is 2.78. The lowest BCUT2D eigenvalue weighted by molar-refractivity contribution is 0.00230. The lowest BCUT2D eigenvalue weighted by Crippen LogP contribution is -2.37. The molecule has 0 saturated heterocycles. The van der Waals surface area contributed by atoms with Crippen molar-refractivity contribution < 1.29 is 19.4 Å². The van der Waals surface area contributed by atoms with Crippen LogP contribution in [0.4, 0.5) is 0 Å². The number of benzene rings is 2. The number of carbonyl (C=O) groups excluding carboxylic acids is 1. The van der Waals surface area contributed by atoms with Gasteiger partial charge in [0, 0.05) is 22.1 Å². The molecule has 0 bridgehead atoms. The summed E-state index contributed by atoms with van der Waals surface area (Å²) in [4.78, 5) is 12.9. The maximum absolute atomic E-state index is 12.9. The molecule has 1 atom stereocenters. The van der Waals surface area contributed by atoms with Crippen molar-refractivity contribution >= 4 is 16.6 Å². The van der Waals surface area contributed by atoms with Gasteiger partial charge in [-0.15, -0.1) is 0 Å². The number of hydrogen-bond acceptors (Lipinski definition) is 4.